The minimum atomic E-state index is 0.234. The zero-order chi connectivity index (χ0) is 12.4. The van der Waals surface area contributed by atoms with Gasteiger partial charge in [-0.25, -0.2) is 0 Å². The van der Waals surface area contributed by atoms with Crippen molar-refractivity contribution in [3.05, 3.63) is 57.8 Å². The lowest BCUT2D eigenvalue weighted by molar-refractivity contribution is -0.131. The van der Waals surface area contributed by atoms with E-state index in [-0.39, 0.29) is 5.91 Å². The highest BCUT2D eigenvalue weighted by molar-refractivity contribution is 7.10. The summed E-state index contributed by atoms with van der Waals surface area (Å²) in [5, 5.41) is 2.12. The molecule has 1 aromatic carbocycles. The molecule has 1 amide bonds. The van der Waals surface area contributed by atoms with Gasteiger partial charge < -0.3 is 4.90 Å². The number of benzene rings is 1. The van der Waals surface area contributed by atoms with E-state index >= 15 is 0 Å². The van der Waals surface area contributed by atoms with Crippen molar-refractivity contribution in [2.45, 2.75) is 19.4 Å². The molecule has 0 bridgehead atoms. The number of fused-ring (bicyclic) bond motifs is 1. The molecule has 0 saturated heterocycles. The first-order chi connectivity index (χ1) is 8.83. The van der Waals surface area contributed by atoms with Crippen molar-refractivity contribution in [3.63, 3.8) is 0 Å². The van der Waals surface area contributed by atoms with Crippen LogP contribution in [0.1, 0.15) is 16.0 Å². The Hall–Kier alpha value is -1.61. The molecule has 2 nitrogen and oxygen atoms in total. The monoisotopic (exact) mass is 257 g/mol. The third kappa shape index (κ3) is 2.31. The Morgan fingerprint density at radius 1 is 1.22 bits per heavy atom. The minimum Gasteiger partial charge on any atom is -0.338 e. The van der Waals surface area contributed by atoms with Gasteiger partial charge in [-0.15, -0.1) is 11.3 Å². The zero-order valence-corrected chi connectivity index (χ0v) is 11.0. The van der Waals surface area contributed by atoms with Crippen LogP contribution in [0.5, 0.6) is 0 Å². The van der Waals surface area contributed by atoms with Crippen molar-refractivity contribution in [1.29, 1.82) is 0 Å². The third-order valence-electron chi connectivity index (χ3n) is 3.36. The Labute approximate surface area is 111 Å². The second-order valence-corrected chi connectivity index (χ2v) is 5.60. The lowest BCUT2D eigenvalue weighted by Crippen LogP contribution is -2.36. The highest BCUT2D eigenvalue weighted by Gasteiger charge is 2.21. The fourth-order valence-corrected chi connectivity index (χ4v) is 3.23. The largest absolute Gasteiger partial charge is 0.338 e. The quantitative estimate of drug-likeness (QED) is 0.810. The van der Waals surface area contributed by atoms with Gasteiger partial charge in [0.05, 0.1) is 6.42 Å². The summed E-state index contributed by atoms with van der Waals surface area (Å²) in [5.41, 5.74) is 2.42. The molecular weight excluding hydrogens is 242 g/mol. The molecule has 92 valence electrons. The van der Waals surface area contributed by atoms with Gasteiger partial charge in [0.25, 0.3) is 0 Å². The molecule has 0 unspecified atom stereocenters. The molecule has 0 fully saturated rings. The van der Waals surface area contributed by atoms with E-state index in [1.807, 2.05) is 35.2 Å². The Morgan fingerprint density at radius 3 is 2.89 bits per heavy atom. The van der Waals surface area contributed by atoms with Crippen LogP contribution in [0.4, 0.5) is 0 Å². The van der Waals surface area contributed by atoms with Crippen LogP contribution in [0.15, 0.2) is 41.8 Å². The van der Waals surface area contributed by atoms with Crippen molar-refractivity contribution >= 4 is 17.2 Å². The molecule has 0 radical (unpaired) electrons. The van der Waals surface area contributed by atoms with Crippen LogP contribution in [0.25, 0.3) is 0 Å². The van der Waals surface area contributed by atoms with Gasteiger partial charge >= 0.3 is 0 Å². The van der Waals surface area contributed by atoms with E-state index in [1.54, 1.807) is 11.3 Å². The van der Waals surface area contributed by atoms with E-state index < -0.39 is 0 Å². The van der Waals surface area contributed by atoms with Crippen LogP contribution in [0, 0.1) is 0 Å². The average molecular weight is 257 g/mol. The van der Waals surface area contributed by atoms with Crippen LogP contribution in [0.3, 0.4) is 0 Å². The molecule has 1 aliphatic rings. The lowest BCUT2D eigenvalue weighted by atomic mass is 10.1. The Balaban J connectivity index is 1.68. The molecule has 3 rings (SSSR count). The third-order valence-corrected chi connectivity index (χ3v) is 4.38. The fraction of sp³-hybridized carbons (Fsp3) is 0.267. The van der Waals surface area contributed by atoms with Gasteiger partial charge in [-0.2, -0.15) is 0 Å². The standard InChI is InChI=1S/C15H15NOS/c17-15(10-12-4-2-1-3-5-12)16-8-6-14-13(11-16)7-9-18-14/h1-5,7,9H,6,8,10-11H2. The molecule has 0 atom stereocenters. The van der Waals surface area contributed by atoms with Crippen LogP contribution < -0.4 is 0 Å². The van der Waals surface area contributed by atoms with Gasteiger partial charge in [-0.3, -0.25) is 4.79 Å². The summed E-state index contributed by atoms with van der Waals surface area (Å²) in [6, 6.07) is 12.1. The van der Waals surface area contributed by atoms with Crippen LogP contribution in [0.2, 0.25) is 0 Å². The summed E-state index contributed by atoms with van der Waals surface area (Å²) < 4.78 is 0. The summed E-state index contributed by atoms with van der Waals surface area (Å²) in [5.74, 6) is 0.234. The van der Waals surface area contributed by atoms with Crippen molar-refractivity contribution in [2.75, 3.05) is 6.54 Å². The predicted octanol–water partition coefficient (Wildman–Crippen LogP) is 2.88. The van der Waals surface area contributed by atoms with Gasteiger partial charge in [0.2, 0.25) is 5.91 Å². The number of amides is 1. The number of hydrogen-bond acceptors (Lipinski definition) is 2. The van der Waals surface area contributed by atoms with Crippen molar-refractivity contribution in [3.8, 4) is 0 Å². The first-order valence-corrected chi connectivity index (χ1v) is 7.08. The van der Waals surface area contributed by atoms with Gasteiger partial charge in [-0.05, 0) is 29.0 Å². The molecule has 1 aliphatic heterocycles. The molecule has 1 aromatic heterocycles. The Morgan fingerprint density at radius 2 is 2.06 bits per heavy atom. The first-order valence-electron chi connectivity index (χ1n) is 6.20. The minimum absolute atomic E-state index is 0.234. The maximum Gasteiger partial charge on any atom is 0.227 e. The van der Waals surface area contributed by atoms with E-state index in [0.29, 0.717) is 6.42 Å². The summed E-state index contributed by atoms with van der Waals surface area (Å²) in [6.07, 6.45) is 1.52. The number of carbonyl (C=O) groups is 1. The summed E-state index contributed by atoms with van der Waals surface area (Å²) in [4.78, 5) is 15.6. The van der Waals surface area contributed by atoms with E-state index in [1.165, 1.54) is 10.4 Å². The van der Waals surface area contributed by atoms with E-state index in [4.69, 9.17) is 0 Å². The van der Waals surface area contributed by atoms with Crippen molar-refractivity contribution in [1.82, 2.24) is 4.90 Å². The summed E-state index contributed by atoms with van der Waals surface area (Å²) >= 11 is 1.81. The first kappa shape index (κ1) is 11.5. The fourth-order valence-electron chi connectivity index (χ4n) is 2.34. The van der Waals surface area contributed by atoms with Gasteiger partial charge in [-0.1, -0.05) is 30.3 Å². The van der Waals surface area contributed by atoms with Crippen molar-refractivity contribution in [2.24, 2.45) is 0 Å². The summed E-state index contributed by atoms with van der Waals surface area (Å²) in [7, 11) is 0. The topological polar surface area (TPSA) is 20.3 Å². The van der Waals surface area contributed by atoms with Crippen LogP contribution in [-0.4, -0.2) is 17.4 Å². The SMILES string of the molecule is O=C(Cc1ccccc1)N1CCc2sccc2C1. The molecule has 2 heterocycles. The highest BCUT2D eigenvalue weighted by atomic mass is 32.1. The average Bonchev–Trinajstić information content (AvgIpc) is 2.87. The van der Waals surface area contributed by atoms with Crippen LogP contribution >= 0.6 is 11.3 Å². The normalized spacial score (nSPS) is 14.3. The Bertz CT molecular complexity index is 547. The van der Waals surface area contributed by atoms with Gasteiger partial charge in [0.1, 0.15) is 0 Å². The maximum absolute atomic E-state index is 12.2. The maximum atomic E-state index is 12.2. The molecule has 0 saturated carbocycles. The second kappa shape index (κ2) is 4.94. The molecule has 0 N–H and O–H groups in total. The number of rotatable bonds is 2. The number of thiophene rings is 1. The van der Waals surface area contributed by atoms with Gasteiger partial charge in [0, 0.05) is 18.0 Å². The smallest absolute Gasteiger partial charge is 0.227 e. The van der Waals surface area contributed by atoms with Crippen LogP contribution in [-0.2, 0) is 24.2 Å². The summed E-state index contributed by atoms with van der Waals surface area (Å²) in [6.45, 7) is 1.64. The molecule has 2 aromatic rings. The number of nitrogens with zero attached hydrogens (tertiary/aromatic N) is 1. The van der Waals surface area contributed by atoms with Gasteiger partial charge in [0.15, 0.2) is 0 Å². The molecule has 0 spiro atoms. The molecule has 18 heavy (non-hydrogen) atoms. The zero-order valence-electron chi connectivity index (χ0n) is 10.1. The van der Waals surface area contributed by atoms with E-state index in [9.17, 15) is 4.79 Å². The number of hydrogen-bond donors (Lipinski definition) is 0. The van der Waals surface area contributed by atoms with E-state index in [0.717, 1.165) is 25.1 Å². The highest BCUT2D eigenvalue weighted by Crippen LogP contribution is 2.24. The molecule has 0 aliphatic carbocycles. The number of carbonyl (C=O) groups excluding carboxylic acids is 1. The second-order valence-electron chi connectivity index (χ2n) is 4.60. The molecular formula is C15H15NOS. The van der Waals surface area contributed by atoms with E-state index in [2.05, 4.69) is 11.4 Å². The lowest BCUT2D eigenvalue weighted by Gasteiger charge is -2.27. The predicted molar refractivity (Wildman–Crippen MR) is 73.6 cm³/mol. The Kier molecular flexibility index (Phi) is 3.15. The van der Waals surface area contributed by atoms with Crippen molar-refractivity contribution < 1.29 is 4.79 Å². The molecule has 3 heteroatoms.